The van der Waals surface area contributed by atoms with E-state index in [0.717, 1.165) is 18.0 Å². The predicted molar refractivity (Wildman–Crippen MR) is 67.5 cm³/mol. The third-order valence-electron chi connectivity index (χ3n) is 3.71. The van der Waals surface area contributed by atoms with E-state index in [2.05, 4.69) is 4.98 Å². The summed E-state index contributed by atoms with van der Waals surface area (Å²) in [6.45, 7) is 0. The van der Waals surface area contributed by atoms with Crippen LogP contribution in [-0.4, -0.2) is 9.55 Å². The molecule has 0 aromatic carbocycles. The van der Waals surface area contributed by atoms with E-state index in [4.69, 9.17) is 17.3 Å². The summed E-state index contributed by atoms with van der Waals surface area (Å²) in [7, 11) is 1.93. The number of nitrogens with two attached hydrogens (primary N) is 1. The molecule has 16 heavy (non-hydrogen) atoms. The molecule has 0 unspecified atom stereocenters. The monoisotopic (exact) mass is 241 g/mol. The second kappa shape index (κ2) is 5.09. The zero-order valence-electron chi connectivity index (χ0n) is 9.88. The molecule has 0 bridgehead atoms. The standard InChI is InChI=1S/C12H20ClN3/c1-16-10(11(13)15-12(16)14)8-7-9-5-3-2-4-6-9/h9H,2-8H2,1H3,(H2,14,15). The van der Waals surface area contributed by atoms with Gasteiger partial charge in [0.1, 0.15) is 0 Å². The minimum atomic E-state index is 0.517. The molecule has 1 aromatic heterocycles. The second-order valence-corrected chi connectivity index (χ2v) is 5.17. The van der Waals surface area contributed by atoms with Crippen LogP contribution >= 0.6 is 11.6 Å². The fourth-order valence-electron chi connectivity index (χ4n) is 2.60. The highest BCUT2D eigenvalue weighted by atomic mass is 35.5. The van der Waals surface area contributed by atoms with Crippen LogP contribution in [-0.2, 0) is 13.5 Å². The third kappa shape index (κ3) is 2.51. The molecule has 0 amide bonds. The molecule has 4 heteroatoms. The van der Waals surface area contributed by atoms with E-state index < -0.39 is 0 Å². The average Bonchev–Trinajstić information content (AvgIpc) is 2.53. The van der Waals surface area contributed by atoms with Gasteiger partial charge in [-0.3, -0.25) is 0 Å². The summed E-state index contributed by atoms with van der Waals surface area (Å²) >= 11 is 6.06. The van der Waals surface area contributed by atoms with Crippen LogP contribution in [0.3, 0.4) is 0 Å². The Labute approximate surface area is 102 Å². The van der Waals surface area contributed by atoms with Crippen molar-refractivity contribution in [3.05, 3.63) is 10.8 Å². The summed E-state index contributed by atoms with van der Waals surface area (Å²) < 4.78 is 1.91. The highest BCUT2D eigenvalue weighted by Crippen LogP contribution is 2.29. The van der Waals surface area contributed by atoms with Gasteiger partial charge in [0, 0.05) is 7.05 Å². The highest BCUT2D eigenvalue weighted by molar-refractivity contribution is 6.30. The van der Waals surface area contributed by atoms with E-state index in [0.29, 0.717) is 11.1 Å². The van der Waals surface area contributed by atoms with Gasteiger partial charge >= 0.3 is 0 Å². The van der Waals surface area contributed by atoms with E-state index in [1.165, 1.54) is 38.5 Å². The Bertz CT molecular complexity index is 353. The summed E-state index contributed by atoms with van der Waals surface area (Å²) in [4.78, 5) is 4.08. The van der Waals surface area contributed by atoms with Crippen molar-refractivity contribution in [2.75, 3.05) is 5.73 Å². The summed E-state index contributed by atoms with van der Waals surface area (Å²) in [6.07, 6.45) is 9.19. The third-order valence-corrected chi connectivity index (χ3v) is 4.02. The molecule has 2 rings (SSSR count). The van der Waals surface area contributed by atoms with Crippen molar-refractivity contribution < 1.29 is 0 Å². The Kier molecular flexibility index (Phi) is 3.74. The first-order chi connectivity index (χ1) is 7.68. The van der Waals surface area contributed by atoms with Gasteiger partial charge in [-0.15, -0.1) is 0 Å². The van der Waals surface area contributed by atoms with Gasteiger partial charge in [-0.25, -0.2) is 4.98 Å². The normalized spacial score (nSPS) is 17.9. The first-order valence-electron chi connectivity index (χ1n) is 6.15. The number of hydrogen-bond donors (Lipinski definition) is 1. The minimum Gasteiger partial charge on any atom is -0.369 e. The lowest BCUT2D eigenvalue weighted by Crippen LogP contribution is -2.09. The fourth-order valence-corrected chi connectivity index (χ4v) is 2.91. The summed E-state index contributed by atoms with van der Waals surface area (Å²) in [5.41, 5.74) is 6.81. The molecule has 0 aliphatic heterocycles. The predicted octanol–water partition coefficient (Wildman–Crippen LogP) is 3.17. The molecule has 1 heterocycles. The summed E-state index contributed by atoms with van der Waals surface area (Å²) in [6, 6.07) is 0. The van der Waals surface area contributed by atoms with E-state index in [9.17, 15) is 0 Å². The van der Waals surface area contributed by atoms with Crippen molar-refractivity contribution in [2.45, 2.75) is 44.9 Å². The van der Waals surface area contributed by atoms with Crippen LogP contribution in [0.4, 0.5) is 5.95 Å². The molecule has 0 atom stereocenters. The maximum atomic E-state index is 6.06. The van der Waals surface area contributed by atoms with Crippen LogP contribution in [0.1, 0.15) is 44.2 Å². The fraction of sp³-hybridized carbons (Fsp3) is 0.750. The molecule has 1 saturated carbocycles. The van der Waals surface area contributed by atoms with Crippen molar-refractivity contribution >= 4 is 17.5 Å². The van der Waals surface area contributed by atoms with Gasteiger partial charge in [-0.05, 0) is 18.8 Å². The van der Waals surface area contributed by atoms with Crippen LogP contribution in [0.5, 0.6) is 0 Å². The number of imidazole rings is 1. The van der Waals surface area contributed by atoms with E-state index >= 15 is 0 Å². The first kappa shape index (κ1) is 11.8. The Morgan fingerprint density at radius 2 is 2.06 bits per heavy atom. The van der Waals surface area contributed by atoms with E-state index in [1.54, 1.807) is 0 Å². The van der Waals surface area contributed by atoms with Crippen LogP contribution in [0.2, 0.25) is 5.15 Å². The van der Waals surface area contributed by atoms with Crippen molar-refractivity contribution in [3.8, 4) is 0 Å². The molecular weight excluding hydrogens is 222 g/mol. The van der Waals surface area contributed by atoms with Crippen LogP contribution in [0, 0.1) is 5.92 Å². The SMILES string of the molecule is Cn1c(N)nc(Cl)c1CCC1CCCCC1. The van der Waals surface area contributed by atoms with Crippen molar-refractivity contribution in [1.29, 1.82) is 0 Å². The number of halogens is 1. The smallest absolute Gasteiger partial charge is 0.201 e. The maximum absolute atomic E-state index is 6.06. The zero-order valence-corrected chi connectivity index (χ0v) is 10.6. The molecule has 3 nitrogen and oxygen atoms in total. The van der Waals surface area contributed by atoms with Crippen molar-refractivity contribution in [3.63, 3.8) is 0 Å². The Morgan fingerprint density at radius 3 is 2.62 bits per heavy atom. The number of nitrogen functional groups attached to an aromatic ring is 1. The molecule has 1 aliphatic carbocycles. The summed E-state index contributed by atoms with van der Waals surface area (Å²) in [5.74, 6) is 1.39. The number of anilines is 1. The Morgan fingerprint density at radius 1 is 1.38 bits per heavy atom. The van der Waals surface area contributed by atoms with Gasteiger partial charge < -0.3 is 10.3 Å². The molecule has 1 fully saturated rings. The maximum Gasteiger partial charge on any atom is 0.201 e. The van der Waals surface area contributed by atoms with E-state index in [-0.39, 0.29) is 0 Å². The van der Waals surface area contributed by atoms with Gasteiger partial charge in [0.15, 0.2) is 5.15 Å². The first-order valence-corrected chi connectivity index (χ1v) is 6.53. The quantitative estimate of drug-likeness (QED) is 0.884. The highest BCUT2D eigenvalue weighted by Gasteiger charge is 2.16. The van der Waals surface area contributed by atoms with Crippen molar-refractivity contribution in [1.82, 2.24) is 9.55 Å². The minimum absolute atomic E-state index is 0.517. The lowest BCUT2D eigenvalue weighted by atomic mass is 9.86. The van der Waals surface area contributed by atoms with Gasteiger partial charge in [-0.2, -0.15) is 0 Å². The number of nitrogens with zero attached hydrogens (tertiary/aromatic N) is 2. The molecular formula is C12H20ClN3. The molecule has 0 saturated heterocycles. The average molecular weight is 242 g/mol. The Balaban J connectivity index is 1.93. The number of aromatic nitrogens is 2. The van der Waals surface area contributed by atoms with Crippen molar-refractivity contribution in [2.24, 2.45) is 13.0 Å². The largest absolute Gasteiger partial charge is 0.369 e. The van der Waals surface area contributed by atoms with Crippen LogP contribution < -0.4 is 5.73 Å². The lowest BCUT2D eigenvalue weighted by molar-refractivity contribution is 0.337. The molecule has 0 spiro atoms. The van der Waals surface area contributed by atoms with Gasteiger partial charge in [0.2, 0.25) is 5.95 Å². The van der Waals surface area contributed by atoms with Gasteiger partial charge in [0.05, 0.1) is 5.69 Å². The Hall–Kier alpha value is -0.700. The zero-order chi connectivity index (χ0) is 11.5. The second-order valence-electron chi connectivity index (χ2n) is 4.81. The molecule has 1 aliphatic rings. The molecule has 0 radical (unpaired) electrons. The number of rotatable bonds is 3. The molecule has 2 N–H and O–H groups in total. The van der Waals surface area contributed by atoms with Crippen LogP contribution in [0.15, 0.2) is 0 Å². The molecule has 90 valence electrons. The number of hydrogen-bond acceptors (Lipinski definition) is 2. The molecule has 1 aromatic rings. The lowest BCUT2D eigenvalue weighted by Gasteiger charge is -2.21. The van der Waals surface area contributed by atoms with Gasteiger partial charge in [-0.1, -0.05) is 43.7 Å². The summed E-state index contributed by atoms with van der Waals surface area (Å²) in [5, 5.41) is 0.579. The van der Waals surface area contributed by atoms with E-state index in [1.807, 2.05) is 11.6 Å². The van der Waals surface area contributed by atoms with Crippen LogP contribution in [0.25, 0.3) is 0 Å². The topological polar surface area (TPSA) is 43.8 Å². The van der Waals surface area contributed by atoms with Gasteiger partial charge in [0.25, 0.3) is 0 Å².